The molecule has 9 heteroatoms. The Balaban J connectivity index is 1.57. The average molecular weight is 468 g/mol. The van der Waals surface area contributed by atoms with Gasteiger partial charge >= 0.3 is 0 Å². The zero-order valence-electron chi connectivity index (χ0n) is 18.5. The van der Waals surface area contributed by atoms with Gasteiger partial charge in [-0.2, -0.15) is 0 Å². The molecule has 0 aromatic heterocycles. The summed E-state index contributed by atoms with van der Waals surface area (Å²) >= 11 is 0. The van der Waals surface area contributed by atoms with Crippen molar-refractivity contribution in [2.24, 2.45) is 0 Å². The molecule has 8 nitrogen and oxygen atoms in total. The van der Waals surface area contributed by atoms with Gasteiger partial charge in [0, 0.05) is 11.3 Å². The van der Waals surface area contributed by atoms with Gasteiger partial charge in [0.1, 0.15) is 5.75 Å². The fourth-order valence-electron chi connectivity index (χ4n) is 3.07. The summed E-state index contributed by atoms with van der Waals surface area (Å²) < 4.78 is 33.0. The van der Waals surface area contributed by atoms with E-state index in [0.29, 0.717) is 17.0 Å². The second kappa shape index (κ2) is 10.2. The van der Waals surface area contributed by atoms with Crippen LogP contribution in [0.5, 0.6) is 5.75 Å². The largest absolute Gasteiger partial charge is 0.497 e. The van der Waals surface area contributed by atoms with E-state index in [-0.39, 0.29) is 22.8 Å². The number of carbonyl (C=O) groups excluding carboxylic acids is 2. The van der Waals surface area contributed by atoms with Crippen LogP contribution in [-0.2, 0) is 21.2 Å². The number of hydrazine groups is 1. The normalized spacial score (nSPS) is 10.9. The van der Waals surface area contributed by atoms with Crippen molar-refractivity contribution in [2.45, 2.75) is 25.2 Å². The molecule has 0 heterocycles. The van der Waals surface area contributed by atoms with Crippen LogP contribution in [0.25, 0.3) is 0 Å². The molecular weight excluding hydrogens is 442 g/mol. The molecule has 0 unspecified atom stereocenters. The van der Waals surface area contributed by atoms with Crippen LogP contribution >= 0.6 is 0 Å². The molecule has 0 atom stereocenters. The number of methoxy groups -OCH3 is 1. The minimum atomic E-state index is -3.77. The molecule has 3 aromatic rings. The van der Waals surface area contributed by atoms with Crippen molar-refractivity contribution in [1.29, 1.82) is 0 Å². The predicted molar refractivity (Wildman–Crippen MR) is 125 cm³/mol. The minimum absolute atomic E-state index is 0.0867. The van der Waals surface area contributed by atoms with E-state index in [1.54, 1.807) is 50.4 Å². The lowest BCUT2D eigenvalue weighted by atomic mass is 10.1. The molecule has 3 rings (SSSR count). The Morgan fingerprint density at radius 2 is 1.55 bits per heavy atom. The van der Waals surface area contributed by atoms with Gasteiger partial charge in [0.15, 0.2) is 0 Å². The maximum atomic E-state index is 12.7. The third kappa shape index (κ3) is 6.33. The maximum absolute atomic E-state index is 12.7. The van der Waals surface area contributed by atoms with Crippen LogP contribution in [0.2, 0.25) is 0 Å². The lowest BCUT2D eigenvalue weighted by Gasteiger charge is -2.12. The first-order valence-electron chi connectivity index (χ1n) is 10.1. The number of rotatable bonds is 7. The van der Waals surface area contributed by atoms with Gasteiger partial charge in [0.25, 0.3) is 15.9 Å². The fourth-order valence-corrected chi connectivity index (χ4v) is 4.46. The lowest BCUT2D eigenvalue weighted by Crippen LogP contribution is -2.42. The van der Waals surface area contributed by atoms with Crippen molar-refractivity contribution in [3.05, 3.63) is 89.0 Å². The molecule has 0 aliphatic heterocycles. The van der Waals surface area contributed by atoms with Crippen molar-refractivity contribution in [3.8, 4) is 5.75 Å². The van der Waals surface area contributed by atoms with Gasteiger partial charge in [-0.15, -0.1) is 0 Å². The summed E-state index contributed by atoms with van der Waals surface area (Å²) in [6.45, 7) is 3.55. The van der Waals surface area contributed by atoms with Gasteiger partial charge in [-0.3, -0.25) is 25.2 Å². The number of benzene rings is 3. The van der Waals surface area contributed by atoms with Crippen LogP contribution in [-0.4, -0.2) is 27.3 Å². The highest BCUT2D eigenvalue weighted by molar-refractivity contribution is 7.92. The van der Waals surface area contributed by atoms with Crippen LogP contribution in [0.15, 0.2) is 71.6 Å². The standard InChI is InChI=1S/C24H25N3O5S/c1-16-4-5-17(2)22(14-16)33(30,31)27-20-10-8-19(9-11-20)24(29)26-25-23(28)15-18-6-12-21(32-3)13-7-18/h4-14,27H,15H2,1-3H3,(H,25,28)(H,26,29). The molecule has 0 bridgehead atoms. The topological polar surface area (TPSA) is 114 Å². The summed E-state index contributed by atoms with van der Waals surface area (Å²) in [5.74, 6) is -0.222. The molecule has 0 radical (unpaired) electrons. The third-order valence-electron chi connectivity index (χ3n) is 4.87. The summed E-state index contributed by atoms with van der Waals surface area (Å²) in [7, 11) is -2.21. The second-order valence-electron chi connectivity index (χ2n) is 7.48. The van der Waals surface area contributed by atoms with E-state index < -0.39 is 15.9 Å². The summed E-state index contributed by atoms with van der Waals surface area (Å²) in [4.78, 5) is 24.6. The first-order chi connectivity index (χ1) is 15.7. The molecule has 0 fully saturated rings. The number of amides is 2. The molecule has 3 aromatic carbocycles. The quantitative estimate of drug-likeness (QED) is 0.462. The first kappa shape index (κ1) is 23.8. The molecule has 33 heavy (non-hydrogen) atoms. The third-order valence-corrected chi connectivity index (χ3v) is 6.39. The lowest BCUT2D eigenvalue weighted by molar-refractivity contribution is -0.121. The van der Waals surface area contributed by atoms with E-state index in [4.69, 9.17) is 4.74 Å². The number of anilines is 1. The molecule has 172 valence electrons. The van der Waals surface area contributed by atoms with Gasteiger partial charge in [-0.05, 0) is 73.0 Å². The van der Waals surface area contributed by atoms with E-state index in [2.05, 4.69) is 15.6 Å². The number of hydrogen-bond donors (Lipinski definition) is 3. The second-order valence-corrected chi connectivity index (χ2v) is 9.13. The maximum Gasteiger partial charge on any atom is 0.269 e. The van der Waals surface area contributed by atoms with Crippen LogP contribution in [0.1, 0.15) is 27.0 Å². The smallest absolute Gasteiger partial charge is 0.269 e. The van der Waals surface area contributed by atoms with Gasteiger partial charge < -0.3 is 4.74 Å². The summed E-state index contributed by atoms with van der Waals surface area (Å²) in [5, 5.41) is 0. The molecule has 3 N–H and O–H groups in total. The van der Waals surface area contributed by atoms with Crippen LogP contribution < -0.4 is 20.3 Å². The Bertz CT molecular complexity index is 1250. The number of carbonyl (C=O) groups is 2. The van der Waals surface area contributed by atoms with Crippen LogP contribution in [0, 0.1) is 13.8 Å². The highest BCUT2D eigenvalue weighted by Crippen LogP contribution is 2.21. The molecule has 0 saturated heterocycles. The first-order valence-corrected chi connectivity index (χ1v) is 11.6. The number of hydrogen-bond acceptors (Lipinski definition) is 5. The zero-order valence-corrected chi connectivity index (χ0v) is 19.3. The van der Waals surface area contributed by atoms with Crippen LogP contribution in [0.3, 0.4) is 0 Å². The summed E-state index contributed by atoms with van der Waals surface area (Å²) in [6, 6.07) is 18.1. The van der Waals surface area contributed by atoms with E-state index in [9.17, 15) is 18.0 Å². The van der Waals surface area contributed by atoms with Gasteiger partial charge in [0.05, 0.1) is 18.4 Å². The van der Waals surface area contributed by atoms with Crippen molar-refractivity contribution >= 4 is 27.5 Å². The van der Waals surface area contributed by atoms with Gasteiger partial charge in [0.2, 0.25) is 5.91 Å². The zero-order chi connectivity index (χ0) is 24.0. The Morgan fingerprint density at radius 1 is 0.879 bits per heavy atom. The number of ether oxygens (including phenoxy) is 1. The van der Waals surface area contributed by atoms with Gasteiger partial charge in [-0.25, -0.2) is 8.42 Å². The molecule has 0 aliphatic rings. The number of sulfonamides is 1. The highest BCUT2D eigenvalue weighted by Gasteiger charge is 2.17. The average Bonchev–Trinajstić information content (AvgIpc) is 2.79. The molecule has 0 saturated carbocycles. The molecule has 2 amide bonds. The fraction of sp³-hybridized carbons (Fsp3) is 0.167. The molecular formula is C24H25N3O5S. The molecule has 0 spiro atoms. The summed E-state index contributed by atoms with van der Waals surface area (Å²) in [5.41, 5.74) is 7.52. The van der Waals surface area contributed by atoms with E-state index in [0.717, 1.165) is 11.1 Å². The molecule has 0 aliphatic carbocycles. The van der Waals surface area contributed by atoms with E-state index in [1.165, 1.54) is 24.3 Å². The summed E-state index contributed by atoms with van der Waals surface area (Å²) in [6.07, 6.45) is 0.0867. The van der Waals surface area contributed by atoms with Crippen LogP contribution in [0.4, 0.5) is 5.69 Å². The predicted octanol–water partition coefficient (Wildman–Crippen LogP) is 3.12. The Labute approximate surface area is 193 Å². The Kier molecular flexibility index (Phi) is 7.34. The Hall–Kier alpha value is -3.85. The van der Waals surface area contributed by atoms with Gasteiger partial charge in [-0.1, -0.05) is 24.3 Å². The van der Waals surface area contributed by atoms with E-state index in [1.807, 2.05) is 13.0 Å². The monoisotopic (exact) mass is 467 g/mol. The SMILES string of the molecule is COc1ccc(CC(=O)NNC(=O)c2ccc(NS(=O)(=O)c3cc(C)ccc3C)cc2)cc1. The van der Waals surface area contributed by atoms with Crippen molar-refractivity contribution in [2.75, 3.05) is 11.8 Å². The highest BCUT2D eigenvalue weighted by atomic mass is 32.2. The van der Waals surface area contributed by atoms with Crippen molar-refractivity contribution in [1.82, 2.24) is 10.9 Å². The van der Waals surface area contributed by atoms with Crippen molar-refractivity contribution < 1.29 is 22.7 Å². The number of aryl methyl sites for hydroxylation is 2. The number of nitrogens with one attached hydrogen (secondary N) is 3. The van der Waals surface area contributed by atoms with E-state index >= 15 is 0 Å². The minimum Gasteiger partial charge on any atom is -0.497 e. The Morgan fingerprint density at radius 3 is 2.18 bits per heavy atom. The van der Waals surface area contributed by atoms with Crippen molar-refractivity contribution in [3.63, 3.8) is 0 Å².